The molecule has 2 fully saturated rings. The van der Waals surface area contributed by atoms with Crippen LogP contribution in [0.25, 0.3) is 0 Å². The number of anilines is 1. The fraction of sp³-hybridized carbons (Fsp3) is 0.778. The first kappa shape index (κ1) is 16.7. The highest BCUT2D eigenvalue weighted by atomic mass is 16.5. The molecule has 0 bridgehead atoms. The molecule has 0 aromatic carbocycles. The van der Waals surface area contributed by atoms with Crippen molar-refractivity contribution in [2.75, 3.05) is 38.2 Å². The van der Waals surface area contributed by atoms with Gasteiger partial charge in [0.15, 0.2) is 0 Å². The summed E-state index contributed by atoms with van der Waals surface area (Å²) in [6.07, 6.45) is 6.62. The zero-order valence-corrected chi connectivity index (χ0v) is 14.8. The van der Waals surface area contributed by atoms with Crippen molar-refractivity contribution < 1.29 is 4.74 Å². The first-order chi connectivity index (χ1) is 11.1. The van der Waals surface area contributed by atoms with Crippen LogP contribution in [-0.4, -0.2) is 60.3 Å². The molecule has 2 aliphatic heterocycles. The van der Waals surface area contributed by atoms with Gasteiger partial charge in [-0.1, -0.05) is 0 Å². The average molecular weight is 318 g/mol. The van der Waals surface area contributed by atoms with Crippen molar-refractivity contribution in [2.45, 2.75) is 58.1 Å². The van der Waals surface area contributed by atoms with E-state index >= 15 is 0 Å². The quantitative estimate of drug-likeness (QED) is 0.853. The number of aryl methyl sites for hydroxylation is 2. The van der Waals surface area contributed by atoms with E-state index in [1.54, 1.807) is 0 Å². The summed E-state index contributed by atoms with van der Waals surface area (Å²) >= 11 is 0. The van der Waals surface area contributed by atoms with E-state index in [2.05, 4.69) is 32.9 Å². The first-order valence-electron chi connectivity index (χ1n) is 9.01. The van der Waals surface area contributed by atoms with Crippen LogP contribution in [0.5, 0.6) is 0 Å². The Morgan fingerprint density at radius 2 is 1.96 bits per heavy atom. The molecule has 0 radical (unpaired) electrons. The Kier molecular flexibility index (Phi) is 5.49. The maximum atomic E-state index is 5.89. The lowest BCUT2D eigenvalue weighted by molar-refractivity contribution is -0.00985. The molecule has 1 unspecified atom stereocenters. The van der Waals surface area contributed by atoms with Gasteiger partial charge in [0.25, 0.3) is 0 Å². The van der Waals surface area contributed by atoms with Crippen LogP contribution in [0.15, 0.2) is 6.07 Å². The van der Waals surface area contributed by atoms with E-state index in [9.17, 15) is 0 Å². The summed E-state index contributed by atoms with van der Waals surface area (Å²) < 4.78 is 5.89. The highest BCUT2D eigenvalue weighted by Crippen LogP contribution is 2.22. The predicted molar refractivity (Wildman–Crippen MR) is 93.0 cm³/mol. The number of nitrogens with zero attached hydrogens (tertiary/aromatic N) is 4. The van der Waals surface area contributed by atoms with Crippen molar-refractivity contribution in [2.24, 2.45) is 0 Å². The van der Waals surface area contributed by atoms with E-state index in [4.69, 9.17) is 4.74 Å². The Bertz CT molecular complexity index is 487. The summed E-state index contributed by atoms with van der Waals surface area (Å²) in [5.41, 5.74) is 1.06. The maximum Gasteiger partial charge on any atom is 0.132 e. The van der Waals surface area contributed by atoms with E-state index in [1.165, 1.54) is 32.1 Å². The second-order valence-electron chi connectivity index (χ2n) is 7.06. The number of aromatic nitrogens is 2. The molecule has 5 heteroatoms. The molecule has 2 aliphatic rings. The normalized spacial score (nSPS) is 23.5. The lowest BCUT2D eigenvalue weighted by atomic mass is 10.0. The third kappa shape index (κ3) is 4.42. The molecule has 0 saturated carbocycles. The molecule has 3 rings (SSSR count). The van der Waals surface area contributed by atoms with Gasteiger partial charge < -0.3 is 14.5 Å². The molecule has 1 atom stereocenters. The molecule has 1 aromatic heterocycles. The van der Waals surface area contributed by atoms with Crippen molar-refractivity contribution in [1.29, 1.82) is 0 Å². The average Bonchev–Trinajstić information content (AvgIpc) is 2.55. The Morgan fingerprint density at radius 1 is 1.17 bits per heavy atom. The van der Waals surface area contributed by atoms with Gasteiger partial charge in [-0.2, -0.15) is 0 Å². The highest BCUT2D eigenvalue weighted by molar-refractivity contribution is 5.40. The summed E-state index contributed by atoms with van der Waals surface area (Å²) in [7, 11) is 2.26. The molecule has 3 heterocycles. The van der Waals surface area contributed by atoms with Crippen LogP contribution < -0.4 is 4.90 Å². The number of ether oxygens (including phenoxy) is 1. The van der Waals surface area contributed by atoms with Gasteiger partial charge in [-0.3, -0.25) is 0 Å². The van der Waals surface area contributed by atoms with E-state index in [-0.39, 0.29) is 0 Å². The molecule has 128 valence electrons. The molecule has 0 spiro atoms. The van der Waals surface area contributed by atoms with Gasteiger partial charge in [-0.15, -0.1) is 0 Å². The lowest BCUT2D eigenvalue weighted by Gasteiger charge is -2.39. The molecule has 23 heavy (non-hydrogen) atoms. The van der Waals surface area contributed by atoms with Crippen molar-refractivity contribution in [3.63, 3.8) is 0 Å². The summed E-state index contributed by atoms with van der Waals surface area (Å²) in [5, 5.41) is 0. The number of rotatable bonds is 4. The Hall–Kier alpha value is -1.20. The van der Waals surface area contributed by atoms with Crippen LogP contribution in [0.4, 0.5) is 5.82 Å². The van der Waals surface area contributed by atoms with Crippen molar-refractivity contribution >= 4 is 5.82 Å². The van der Waals surface area contributed by atoms with Crippen LogP contribution in [0.2, 0.25) is 0 Å². The van der Waals surface area contributed by atoms with Crippen LogP contribution in [-0.2, 0) is 4.74 Å². The van der Waals surface area contributed by atoms with Gasteiger partial charge >= 0.3 is 0 Å². The van der Waals surface area contributed by atoms with Crippen molar-refractivity contribution in [3.8, 4) is 0 Å². The summed E-state index contributed by atoms with van der Waals surface area (Å²) in [4.78, 5) is 13.9. The monoisotopic (exact) mass is 318 g/mol. The molecule has 0 amide bonds. The molecule has 2 saturated heterocycles. The maximum absolute atomic E-state index is 5.89. The van der Waals surface area contributed by atoms with E-state index < -0.39 is 0 Å². The SMILES string of the molecule is Cc1cc(N2CCC(N(C)CC3CCCCO3)CC2)nc(C)n1. The second-order valence-corrected chi connectivity index (χ2v) is 7.06. The van der Waals surface area contributed by atoms with Crippen LogP contribution >= 0.6 is 0 Å². The summed E-state index contributed by atoms with van der Waals surface area (Å²) in [6.45, 7) is 8.21. The van der Waals surface area contributed by atoms with Crippen molar-refractivity contribution in [1.82, 2.24) is 14.9 Å². The molecular weight excluding hydrogens is 288 g/mol. The van der Waals surface area contributed by atoms with Gasteiger partial charge in [0, 0.05) is 44.0 Å². The first-order valence-corrected chi connectivity index (χ1v) is 9.01. The van der Waals surface area contributed by atoms with Crippen LogP contribution in [0.3, 0.4) is 0 Å². The van der Waals surface area contributed by atoms with Crippen LogP contribution in [0.1, 0.15) is 43.6 Å². The third-order valence-corrected chi connectivity index (χ3v) is 5.13. The predicted octanol–water partition coefficient (Wildman–Crippen LogP) is 2.56. The summed E-state index contributed by atoms with van der Waals surface area (Å²) in [6, 6.07) is 2.77. The van der Waals surface area contributed by atoms with E-state index in [0.29, 0.717) is 12.1 Å². The molecule has 0 aliphatic carbocycles. The largest absolute Gasteiger partial charge is 0.377 e. The minimum absolute atomic E-state index is 0.443. The second kappa shape index (κ2) is 7.58. The third-order valence-electron chi connectivity index (χ3n) is 5.13. The van der Waals surface area contributed by atoms with E-state index in [0.717, 1.165) is 43.6 Å². The lowest BCUT2D eigenvalue weighted by Crippen LogP contribution is -2.46. The zero-order chi connectivity index (χ0) is 16.2. The van der Waals surface area contributed by atoms with Gasteiger partial charge in [0.1, 0.15) is 11.6 Å². The van der Waals surface area contributed by atoms with E-state index in [1.807, 2.05) is 13.8 Å². The Balaban J connectivity index is 1.51. The number of likely N-dealkylation sites (N-methyl/N-ethyl adjacent to an activating group) is 1. The fourth-order valence-electron chi connectivity index (χ4n) is 3.82. The minimum atomic E-state index is 0.443. The smallest absolute Gasteiger partial charge is 0.132 e. The fourth-order valence-corrected chi connectivity index (χ4v) is 3.82. The molecule has 0 N–H and O–H groups in total. The molecule has 5 nitrogen and oxygen atoms in total. The molecular formula is C18H30N4O. The summed E-state index contributed by atoms with van der Waals surface area (Å²) in [5.74, 6) is 1.96. The van der Waals surface area contributed by atoms with Gasteiger partial charge in [-0.05, 0) is 53.0 Å². The number of hydrogen-bond acceptors (Lipinski definition) is 5. The Labute approximate surface area is 140 Å². The minimum Gasteiger partial charge on any atom is -0.377 e. The van der Waals surface area contributed by atoms with Crippen molar-refractivity contribution in [3.05, 3.63) is 17.6 Å². The molecule has 1 aromatic rings. The van der Waals surface area contributed by atoms with Gasteiger partial charge in [-0.25, -0.2) is 9.97 Å². The zero-order valence-electron chi connectivity index (χ0n) is 14.8. The van der Waals surface area contributed by atoms with Gasteiger partial charge in [0.05, 0.1) is 6.10 Å². The van der Waals surface area contributed by atoms with Crippen LogP contribution in [0, 0.1) is 13.8 Å². The van der Waals surface area contributed by atoms with Gasteiger partial charge in [0.2, 0.25) is 0 Å². The highest BCUT2D eigenvalue weighted by Gasteiger charge is 2.25. The Morgan fingerprint density at radius 3 is 2.61 bits per heavy atom. The number of hydrogen-bond donors (Lipinski definition) is 0. The number of piperidine rings is 1. The standard InChI is InChI=1S/C18H30N4O/c1-14-12-18(20-15(2)19-14)22-9-7-16(8-10-22)21(3)13-17-6-4-5-11-23-17/h12,16-17H,4-11,13H2,1-3H3. The topological polar surface area (TPSA) is 41.5 Å².